The maximum atomic E-state index is 2.31. The number of hydrogen-bond acceptors (Lipinski definition) is 0. The third-order valence-electron chi connectivity index (χ3n) is 3.77. The normalized spacial score (nSPS) is 13.4. The van der Waals surface area contributed by atoms with Gasteiger partial charge in [-0.1, -0.05) is 24.3 Å². The molecule has 0 aliphatic heterocycles. The van der Waals surface area contributed by atoms with Gasteiger partial charge in [0.1, 0.15) is 7.05 Å². The summed E-state index contributed by atoms with van der Waals surface area (Å²) in [6.45, 7) is 2.17. The minimum absolute atomic E-state index is 1.16. The fraction of sp³-hybridized carbons (Fsp3) is 0.235. The van der Waals surface area contributed by atoms with Crippen molar-refractivity contribution in [2.75, 3.05) is 0 Å². The van der Waals surface area contributed by atoms with Crippen molar-refractivity contribution in [3.05, 3.63) is 59.3 Å². The number of aromatic nitrogens is 1. The Labute approximate surface area is 108 Å². The van der Waals surface area contributed by atoms with Gasteiger partial charge in [0.05, 0.1) is 0 Å². The quantitative estimate of drug-likeness (QED) is 0.668. The van der Waals surface area contributed by atoms with E-state index in [-0.39, 0.29) is 0 Å². The van der Waals surface area contributed by atoms with Crippen LogP contribution < -0.4 is 4.57 Å². The van der Waals surface area contributed by atoms with Crippen molar-refractivity contribution >= 4 is 6.08 Å². The van der Waals surface area contributed by atoms with Crippen LogP contribution in [-0.2, 0) is 13.5 Å². The zero-order valence-corrected chi connectivity index (χ0v) is 11.0. The van der Waals surface area contributed by atoms with Gasteiger partial charge in [-0.15, -0.1) is 0 Å². The molecule has 1 heteroatoms. The molecule has 0 amide bonds. The third kappa shape index (κ3) is 1.76. The molecule has 0 spiro atoms. The fourth-order valence-corrected chi connectivity index (χ4v) is 2.72. The second kappa shape index (κ2) is 4.41. The second-order valence-electron chi connectivity index (χ2n) is 4.94. The average Bonchev–Trinajstić information content (AvgIpc) is 2.41. The lowest BCUT2D eigenvalue weighted by molar-refractivity contribution is -0.662. The summed E-state index contributed by atoms with van der Waals surface area (Å²) in [4.78, 5) is 0. The molecule has 0 radical (unpaired) electrons. The molecule has 0 fully saturated rings. The lowest BCUT2D eigenvalue weighted by atomic mass is 9.98. The molecule has 1 aliphatic rings. The van der Waals surface area contributed by atoms with Crippen molar-refractivity contribution < 1.29 is 4.57 Å². The molecule has 0 bridgehead atoms. The van der Waals surface area contributed by atoms with E-state index in [1.807, 2.05) is 0 Å². The van der Waals surface area contributed by atoms with Crippen molar-refractivity contribution in [3.8, 4) is 11.3 Å². The van der Waals surface area contributed by atoms with Crippen LogP contribution in [0, 0.1) is 6.92 Å². The van der Waals surface area contributed by atoms with Crippen LogP contribution in [0.15, 0.2) is 42.5 Å². The lowest BCUT2D eigenvalue weighted by Crippen LogP contribution is -2.36. The maximum Gasteiger partial charge on any atom is 0.213 e. The first-order chi connectivity index (χ1) is 8.77. The average molecular weight is 236 g/mol. The van der Waals surface area contributed by atoms with Gasteiger partial charge in [-0.2, -0.15) is 4.57 Å². The molecule has 0 unspecified atom stereocenters. The highest BCUT2D eigenvalue weighted by atomic mass is 14.9. The van der Waals surface area contributed by atoms with E-state index in [1.54, 1.807) is 0 Å². The summed E-state index contributed by atoms with van der Waals surface area (Å²) in [6.07, 6.45) is 6.84. The SMILES string of the molecule is Cc1ccccc1-c1ccc2c([n+]1C)C=CCC2. The van der Waals surface area contributed by atoms with Crippen LogP contribution in [0.4, 0.5) is 0 Å². The number of hydrogen-bond donors (Lipinski definition) is 0. The molecule has 1 heterocycles. The molecule has 0 atom stereocenters. The van der Waals surface area contributed by atoms with Crippen LogP contribution in [0.5, 0.6) is 0 Å². The van der Waals surface area contributed by atoms with E-state index in [9.17, 15) is 0 Å². The minimum Gasteiger partial charge on any atom is -0.194 e. The minimum atomic E-state index is 1.16. The smallest absolute Gasteiger partial charge is 0.194 e. The monoisotopic (exact) mass is 236 g/mol. The first-order valence-corrected chi connectivity index (χ1v) is 6.52. The Kier molecular flexibility index (Phi) is 2.75. The number of allylic oxidation sites excluding steroid dienone is 1. The molecule has 0 saturated heterocycles. The van der Waals surface area contributed by atoms with Crippen molar-refractivity contribution in [2.24, 2.45) is 7.05 Å². The number of pyridine rings is 1. The predicted molar refractivity (Wildman–Crippen MR) is 75.1 cm³/mol. The first kappa shape index (κ1) is 11.2. The Balaban J connectivity index is 2.21. The van der Waals surface area contributed by atoms with E-state index >= 15 is 0 Å². The van der Waals surface area contributed by atoms with Crippen molar-refractivity contribution in [1.29, 1.82) is 0 Å². The van der Waals surface area contributed by atoms with Gasteiger partial charge in [0.15, 0.2) is 0 Å². The van der Waals surface area contributed by atoms with E-state index in [1.165, 1.54) is 28.1 Å². The van der Waals surface area contributed by atoms with Crippen LogP contribution in [0.1, 0.15) is 23.2 Å². The third-order valence-corrected chi connectivity index (χ3v) is 3.77. The fourth-order valence-electron chi connectivity index (χ4n) is 2.72. The molecule has 1 aliphatic carbocycles. The number of rotatable bonds is 1. The van der Waals surface area contributed by atoms with Crippen LogP contribution in [0.3, 0.4) is 0 Å². The molecule has 1 aromatic heterocycles. The standard InChI is InChI=1S/C17H18N/c1-13-7-3-5-9-15(13)17-12-11-14-8-4-6-10-16(14)18(17)2/h3,5-7,9-12H,4,8H2,1-2H3/q+1. The zero-order chi connectivity index (χ0) is 12.5. The summed E-state index contributed by atoms with van der Waals surface area (Å²) in [5.74, 6) is 0. The molecule has 0 saturated carbocycles. The first-order valence-electron chi connectivity index (χ1n) is 6.52. The highest BCUT2D eigenvalue weighted by Crippen LogP contribution is 2.23. The Bertz CT molecular complexity index is 624. The number of benzene rings is 1. The van der Waals surface area contributed by atoms with Crippen molar-refractivity contribution in [2.45, 2.75) is 19.8 Å². The number of aryl methyl sites for hydroxylation is 2. The zero-order valence-electron chi connectivity index (χ0n) is 11.0. The molecule has 1 nitrogen and oxygen atoms in total. The molecular formula is C17H18N+. The van der Waals surface area contributed by atoms with Gasteiger partial charge >= 0.3 is 0 Å². The highest BCUT2D eigenvalue weighted by molar-refractivity contribution is 5.62. The van der Waals surface area contributed by atoms with Gasteiger partial charge in [0.25, 0.3) is 0 Å². The van der Waals surface area contributed by atoms with Crippen molar-refractivity contribution in [1.82, 2.24) is 0 Å². The molecule has 3 rings (SSSR count). The van der Waals surface area contributed by atoms with E-state index in [0.29, 0.717) is 0 Å². The molecular weight excluding hydrogens is 218 g/mol. The van der Waals surface area contributed by atoms with Crippen LogP contribution in [-0.4, -0.2) is 0 Å². The Morgan fingerprint density at radius 3 is 2.72 bits per heavy atom. The molecule has 1 aromatic carbocycles. The summed E-state index contributed by atoms with van der Waals surface area (Å²) < 4.78 is 2.31. The number of nitrogens with zero attached hydrogens (tertiary/aromatic N) is 1. The van der Waals surface area contributed by atoms with E-state index in [2.05, 4.69) is 67.1 Å². The molecule has 2 aromatic rings. The summed E-state index contributed by atoms with van der Waals surface area (Å²) in [5.41, 5.74) is 6.74. The molecule has 90 valence electrons. The van der Waals surface area contributed by atoms with E-state index in [4.69, 9.17) is 0 Å². The van der Waals surface area contributed by atoms with Crippen LogP contribution in [0.2, 0.25) is 0 Å². The highest BCUT2D eigenvalue weighted by Gasteiger charge is 2.19. The Morgan fingerprint density at radius 2 is 1.89 bits per heavy atom. The molecule has 18 heavy (non-hydrogen) atoms. The van der Waals surface area contributed by atoms with E-state index in [0.717, 1.165) is 12.8 Å². The van der Waals surface area contributed by atoms with Crippen LogP contribution in [0.25, 0.3) is 17.3 Å². The maximum absolute atomic E-state index is 2.31. The summed E-state index contributed by atoms with van der Waals surface area (Å²) in [6, 6.07) is 13.1. The van der Waals surface area contributed by atoms with E-state index < -0.39 is 0 Å². The molecule has 0 N–H and O–H groups in total. The van der Waals surface area contributed by atoms with Gasteiger partial charge in [0.2, 0.25) is 11.4 Å². The second-order valence-corrected chi connectivity index (χ2v) is 4.94. The number of fused-ring (bicyclic) bond motifs is 1. The largest absolute Gasteiger partial charge is 0.213 e. The van der Waals surface area contributed by atoms with Gasteiger partial charge in [0, 0.05) is 23.3 Å². The van der Waals surface area contributed by atoms with Gasteiger partial charge in [-0.25, -0.2) is 0 Å². The summed E-state index contributed by atoms with van der Waals surface area (Å²) in [5, 5.41) is 0. The Morgan fingerprint density at radius 1 is 1.06 bits per heavy atom. The summed E-state index contributed by atoms with van der Waals surface area (Å²) in [7, 11) is 2.16. The van der Waals surface area contributed by atoms with Gasteiger partial charge in [-0.05, 0) is 37.5 Å². The van der Waals surface area contributed by atoms with Crippen molar-refractivity contribution in [3.63, 3.8) is 0 Å². The lowest BCUT2D eigenvalue weighted by Gasteiger charge is -2.11. The van der Waals surface area contributed by atoms with Gasteiger partial charge in [-0.3, -0.25) is 0 Å². The summed E-state index contributed by atoms with van der Waals surface area (Å²) >= 11 is 0. The van der Waals surface area contributed by atoms with Gasteiger partial charge < -0.3 is 0 Å². The Hall–Kier alpha value is -1.89. The van der Waals surface area contributed by atoms with Crippen LogP contribution >= 0.6 is 0 Å². The predicted octanol–water partition coefficient (Wildman–Crippen LogP) is 3.45. The topological polar surface area (TPSA) is 3.88 Å².